The minimum atomic E-state index is -0.309. The first kappa shape index (κ1) is 20.9. The van der Waals surface area contributed by atoms with Crippen LogP contribution in [0.3, 0.4) is 0 Å². The molecule has 3 aromatic rings. The van der Waals surface area contributed by atoms with E-state index < -0.39 is 0 Å². The fraction of sp³-hybridized carbons (Fsp3) is 0.154. The smallest absolute Gasteiger partial charge is 0.203 e. The summed E-state index contributed by atoms with van der Waals surface area (Å²) in [7, 11) is 0. The molecule has 0 aliphatic rings. The summed E-state index contributed by atoms with van der Waals surface area (Å²) in [6, 6.07) is 24.3. The molecule has 0 saturated carbocycles. The van der Waals surface area contributed by atoms with Crippen molar-refractivity contribution in [2.24, 2.45) is 0 Å². The molecule has 3 rings (SSSR count). The van der Waals surface area contributed by atoms with Crippen molar-refractivity contribution in [3.05, 3.63) is 101 Å². The molecular weight excluding hydrogens is 374 g/mol. The second-order valence-electron chi connectivity index (χ2n) is 6.78. The van der Waals surface area contributed by atoms with Gasteiger partial charge in [-0.15, -0.1) is 0 Å². The highest BCUT2D eigenvalue weighted by Crippen LogP contribution is 2.30. The van der Waals surface area contributed by atoms with Crippen molar-refractivity contribution in [1.82, 2.24) is 0 Å². The van der Waals surface area contributed by atoms with Crippen molar-refractivity contribution in [2.45, 2.75) is 20.5 Å². The van der Waals surface area contributed by atoms with Gasteiger partial charge in [0, 0.05) is 5.56 Å². The Labute approximate surface area is 177 Å². The van der Waals surface area contributed by atoms with Crippen LogP contribution in [-0.2, 0) is 6.61 Å². The van der Waals surface area contributed by atoms with Gasteiger partial charge in [0.15, 0.2) is 11.5 Å². The lowest BCUT2D eigenvalue weighted by Gasteiger charge is -2.13. The van der Waals surface area contributed by atoms with Gasteiger partial charge in [0.2, 0.25) is 5.78 Å². The molecule has 0 aliphatic heterocycles. The fourth-order valence-corrected chi connectivity index (χ4v) is 3.03. The molecule has 0 atom stereocenters. The van der Waals surface area contributed by atoms with Crippen LogP contribution in [0.15, 0.2) is 78.4 Å². The molecule has 0 amide bonds. The first-order chi connectivity index (χ1) is 14.6. The van der Waals surface area contributed by atoms with E-state index in [1.165, 1.54) is 5.56 Å². The molecular formula is C26H23NO3. The third-order valence-electron chi connectivity index (χ3n) is 4.46. The molecule has 3 aromatic carbocycles. The quantitative estimate of drug-likeness (QED) is 0.275. The van der Waals surface area contributed by atoms with E-state index in [0.29, 0.717) is 35.8 Å². The predicted octanol–water partition coefficient (Wildman–Crippen LogP) is 5.76. The van der Waals surface area contributed by atoms with E-state index in [1.807, 2.05) is 50.2 Å². The lowest BCUT2D eigenvalue weighted by atomic mass is 10.0. The number of carbonyl (C=O) groups is 1. The highest BCUT2D eigenvalue weighted by atomic mass is 16.5. The molecule has 0 bridgehead atoms. The van der Waals surface area contributed by atoms with Crippen LogP contribution in [0.25, 0.3) is 6.08 Å². The third kappa shape index (κ3) is 5.36. The van der Waals surface area contributed by atoms with Gasteiger partial charge in [0.25, 0.3) is 0 Å². The zero-order chi connectivity index (χ0) is 21.3. The number of Topliss-reactive ketones (excluding diaryl/α,β-unsaturated/α-hetero) is 1. The summed E-state index contributed by atoms with van der Waals surface area (Å²) in [5, 5.41) is 9.48. The maximum atomic E-state index is 12.6. The van der Waals surface area contributed by atoms with Crippen molar-refractivity contribution < 1.29 is 14.3 Å². The van der Waals surface area contributed by atoms with Crippen LogP contribution in [-0.4, -0.2) is 12.4 Å². The number of ether oxygens (including phenoxy) is 2. The molecule has 0 N–H and O–H groups in total. The number of nitrogens with zero attached hydrogens (tertiary/aromatic N) is 1. The Morgan fingerprint density at radius 1 is 0.967 bits per heavy atom. The van der Waals surface area contributed by atoms with E-state index in [2.05, 4.69) is 6.07 Å². The molecule has 0 spiro atoms. The first-order valence-electron chi connectivity index (χ1n) is 9.77. The van der Waals surface area contributed by atoms with Crippen molar-refractivity contribution in [3.8, 4) is 17.6 Å². The maximum Gasteiger partial charge on any atom is 0.203 e. The number of benzene rings is 3. The summed E-state index contributed by atoms with van der Waals surface area (Å²) in [6.07, 6.45) is 1.57. The third-order valence-corrected chi connectivity index (χ3v) is 4.46. The Balaban J connectivity index is 1.83. The van der Waals surface area contributed by atoms with Gasteiger partial charge >= 0.3 is 0 Å². The lowest BCUT2D eigenvalue weighted by molar-refractivity contribution is 0.104. The summed E-state index contributed by atoms with van der Waals surface area (Å²) in [4.78, 5) is 12.6. The average molecular weight is 397 g/mol. The Hall–Kier alpha value is -3.84. The molecule has 4 nitrogen and oxygen atoms in total. The molecule has 4 heteroatoms. The topological polar surface area (TPSA) is 59.3 Å². The Morgan fingerprint density at radius 2 is 1.77 bits per heavy atom. The Morgan fingerprint density at radius 3 is 2.47 bits per heavy atom. The number of carbonyl (C=O) groups excluding carboxylic acids is 1. The first-order valence-corrected chi connectivity index (χ1v) is 9.77. The molecule has 0 unspecified atom stereocenters. The molecule has 0 heterocycles. The zero-order valence-electron chi connectivity index (χ0n) is 17.1. The van der Waals surface area contributed by atoms with Crippen molar-refractivity contribution in [2.75, 3.05) is 6.61 Å². The summed E-state index contributed by atoms with van der Waals surface area (Å²) < 4.78 is 11.7. The number of nitriles is 1. The van der Waals surface area contributed by atoms with Gasteiger partial charge in [-0.3, -0.25) is 4.79 Å². The molecule has 0 saturated heterocycles. The standard InChI is InChI=1S/C26H23NO3/c1-3-29-25-16-20(15-23(17-27)26(28)22-10-5-4-6-11-22)12-13-24(25)30-18-21-9-7-8-19(2)14-21/h4-16H,3,18H2,1-2H3/b23-15+. The largest absolute Gasteiger partial charge is 0.490 e. The van der Waals surface area contributed by atoms with Crippen LogP contribution in [0.5, 0.6) is 11.5 Å². The Bertz CT molecular complexity index is 1090. The monoisotopic (exact) mass is 397 g/mol. The normalized spacial score (nSPS) is 10.9. The average Bonchev–Trinajstić information content (AvgIpc) is 2.77. The number of hydrogen-bond acceptors (Lipinski definition) is 4. The maximum absolute atomic E-state index is 12.6. The van der Waals surface area contributed by atoms with Crippen molar-refractivity contribution in [1.29, 1.82) is 5.26 Å². The molecule has 0 fully saturated rings. The fourth-order valence-electron chi connectivity index (χ4n) is 3.03. The van der Waals surface area contributed by atoms with E-state index in [1.54, 1.807) is 42.5 Å². The predicted molar refractivity (Wildman–Crippen MR) is 117 cm³/mol. The molecule has 0 aliphatic carbocycles. The molecule has 0 aromatic heterocycles. The van der Waals surface area contributed by atoms with Gasteiger partial charge in [0.05, 0.1) is 6.61 Å². The minimum absolute atomic E-state index is 0.0667. The van der Waals surface area contributed by atoms with Crippen LogP contribution >= 0.6 is 0 Å². The van der Waals surface area contributed by atoms with Gasteiger partial charge < -0.3 is 9.47 Å². The van der Waals surface area contributed by atoms with Crippen molar-refractivity contribution in [3.63, 3.8) is 0 Å². The van der Waals surface area contributed by atoms with Crippen LogP contribution in [0.2, 0.25) is 0 Å². The molecule has 0 radical (unpaired) electrons. The zero-order valence-corrected chi connectivity index (χ0v) is 17.1. The second kappa shape index (κ2) is 10.1. The molecule has 150 valence electrons. The van der Waals surface area contributed by atoms with Crippen LogP contribution in [0, 0.1) is 18.3 Å². The van der Waals surface area contributed by atoms with E-state index in [4.69, 9.17) is 9.47 Å². The van der Waals surface area contributed by atoms with Crippen molar-refractivity contribution >= 4 is 11.9 Å². The summed E-state index contributed by atoms with van der Waals surface area (Å²) in [5.41, 5.74) is 3.49. The van der Waals surface area contributed by atoms with Gasteiger partial charge in [-0.25, -0.2) is 0 Å². The van der Waals surface area contributed by atoms with E-state index >= 15 is 0 Å². The Kier molecular flexibility index (Phi) is 7.02. The van der Waals surface area contributed by atoms with E-state index in [-0.39, 0.29) is 11.4 Å². The number of ketones is 1. The second-order valence-corrected chi connectivity index (χ2v) is 6.78. The number of allylic oxidation sites excluding steroid dienone is 1. The van der Waals surface area contributed by atoms with Gasteiger partial charge in [-0.2, -0.15) is 5.26 Å². The lowest BCUT2D eigenvalue weighted by Crippen LogP contribution is -2.02. The number of hydrogen-bond donors (Lipinski definition) is 0. The molecule has 30 heavy (non-hydrogen) atoms. The van der Waals surface area contributed by atoms with Gasteiger partial charge in [-0.1, -0.05) is 66.2 Å². The van der Waals surface area contributed by atoms with E-state index in [0.717, 1.165) is 5.56 Å². The highest BCUT2D eigenvalue weighted by molar-refractivity contribution is 6.14. The van der Waals surface area contributed by atoms with Crippen LogP contribution in [0.4, 0.5) is 0 Å². The summed E-state index contributed by atoms with van der Waals surface area (Å²) >= 11 is 0. The van der Waals surface area contributed by atoms with Crippen LogP contribution < -0.4 is 9.47 Å². The highest BCUT2D eigenvalue weighted by Gasteiger charge is 2.13. The SMILES string of the molecule is CCOc1cc(/C=C(\C#N)C(=O)c2ccccc2)ccc1OCc1cccc(C)c1. The summed E-state index contributed by atoms with van der Waals surface area (Å²) in [5.74, 6) is 0.877. The van der Waals surface area contributed by atoms with Crippen LogP contribution in [0.1, 0.15) is 34.0 Å². The summed E-state index contributed by atoms with van der Waals surface area (Å²) in [6.45, 7) is 4.83. The van der Waals surface area contributed by atoms with Gasteiger partial charge in [-0.05, 0) is 43.2 Å². The van der Waals surface area contributed by atoms with Gasteiger partial charge in [0.1, 0.15) is 18.2 Å². The van der Waals surface area contributed by atoms with E-state index in [9.17, 15) is 10.1 Å². The number of rotatable bonds is 8. The minimum Gasteiger partial charge on any atom is -0.490 e. The number of aryl methyl sites for hydroxylation is 1.